The van der Waals surface area contributed by atoms with Crippen LogP contribution in [-0.4, -0.2) is 11.6 Å². The summed E-state index contributed by atoms with van der Waals surface area (Å²) in [4.78, 5) is 3.04. The molecule has 0 spiro atoms. The second-order valence-electron chi connectivity index (χ2n) is 0.794. The molecule has 0 radical (unpaired) electrons. The van der Waals surface area contributed by atoms with Crippen LogP contribution < -0.4 is 0 Å². The van der Waals surface area contributed by atoms with Gasteiger partial charge in [0.15, 0.2) is 0 Å². The molecule has 0 aliphatic rings. The van der Waals surface area contributed by atoms with E-state index in [0.717, 1.165) is 0 Å². The molecule has 0 N–H and O–H groups in total. The molecule has 0 saturated heterocycles. The third kappa shape index (κ3) is 5.33. The van der Waals surface area contributed by atoms with Gasteiger partial charge in [0.05, 0.1) is 11.8 Å². The number of nitriles is 1. The third-order valence-electron chi connectivity index (χ3n) is 0.322. The lowest BCUT2D eigenvalue weighted by molar-refractivity contribution is 1.49. The first-order valence-electron chi connectivity index (χ1n) is 1.69. The minimum atomic E-state index is 0.410. The molecule has 0 amide bonds. The van der Waals surface area contributed by atoms with Crippen LogP contribution in [0.3, 0.4) is 0 Å². The van der Waals surface area contributed by atoms with Crippen molar-refractivity contribution in [2.24, 2.45) is 0 Å². The van der Waals surface area contributed by atoms with Crippen LogP contribution in [0.1, 0.15) is 0 Å². The van der Waals surface area contributed by atoms with Gasteiger partial charge in [-0.1, -0.05) is 11.8 Å². The molecule has 3 heteroatoms. The number of hydrogen-bond acceptors (Lipinski definition) is 2. The maximum atomic E-state index is 7.92. The second-order valence-corrected chi connectivity index (χ2v) is 1.75. The van der Waals surface area contributed by atoms with E-state index in [1.807, 2.05) is 6.07 Å². The van der Waals surface area contributed by atoms with Crippen LogP contribution in [0, 0.1) is 17.9 Å². The maximum absolute atomic E-state index is 7.92. The van der Waals surface area contributed by atoms with Gasteiger partial charge in [-0.25, -0.2) is 6.57 Å². The number of nitrogens with zero attached hydrogens (tertiary/aromatic N) is 2. The van der Waals surface area contributed by atoms with E-state index in [4.69, 9.17) is 11.8 Å². The summed E-state index contributed by atoms with van der Waals surface area (Å²) in [6.45, 7) is 6.28. The Kier molecular flexibility index (Phi) is 4.82. The van der Waals surface area contributed by atoms with Gasteiger partial charge in [-0.2, -0.15) is 5.26 Å². The van der Waals surface area contributed by atoms with Crippen LogP contribution in [-0.2, 0) is 0 Å². The van der Waals surface area contributed by atoms with Gasteiger partial charge in [0, 0.05) is 0 Å². The standard InChI is InChI=1S/C4H4N2S/c1-6-4-7-3-2-5/h3-4H2. The largest absolute Gasteiger partial charge is 0.305 e. The summed E-state index contributed by atoms with van der Waals surface area (Å²) in [5.41, 5.74) is 0. The average molecular weight is 112 g/mol. The van der Waals surface area contributed by atoms with E-state index in [2.05, 4.69) is 4.85 Å². The van der Waals surface area contributed by atoms with Crippen molar-refractivity contribution in [1.82, 2.24) is 0 Å². The van der Waals surface area contributed by atoms with Crippen LogP contribution in [0.2, 0.25) is 0 Å². The first-order chi connectivity index (χ1) is 3.41. The van der Waals surface area contributed by atoms with Crippen molar-refractivity contribution in [1.29, 1.82) is 5.26 Å². The van der Waals surface area contributed by atoms with Crippen molar-refractivity contribution in [2.45, 2.75) is 0 Å². The zero-order valence-corrected chi connectivity index (χ0v) is 4.53. The van der Waals surface area contributed by atoms with E-state index in [-0.39, 0.29) is 0 Å². The van der Waals surface area contributed by atoms with Crippen LogP contribution in [0.15, 0.2) is 0 Å². The number of hydrogen-bond donors (Lipinski definition) is 0. The molecule has 0 unspecified atom stereocenters. The van der Waals surface area contributed by atoms with Crippen molar-refractivity contribution in [3.05, 3.63) is 11.4 Å². The molecule has 0 aliphatic carbocycles. The SMILES string of the molecule is [C-]#[N+]CSCC#N. The molecule has 0 heterocycles. The first kappa shape index (κ1) is 6.33. The molecular formula is C4H4N2S. The average Bonchev–Trinajstić information content (AvgIpc) is 1.69. The predicted molar refractivity (Wildman–Crippen MR) is 29.5 cm³/mol. The Bertz CT molecular complexity index is 93.8. The Balaban J connectivity index is 2.77. The quantitative estimate of drug-likeness (QED) is 0.395. The van der Waals surface area contributed by atoms with Gasteiger partial charge in [0.2, 0.25) is 0 Å². The summed E-state index contributed by atoms with van der Waals surface area (Å²) in [6, 6.07) is 1.92. The van der Waals surface area contributed by atoms with Crippen molar-refractivity contribution in [3.63, 3.8) is 0 Å². The molecule has 0 atom stereocenters. The summed E-state index contributed by atoms with van der Waals surface area (Å²) in [7, 11) is 0. The molecule has 0 aromatic heterocycles. The summed E-state index contributed by atoms with van der Waals surface area (Å²) >= 11 is 1.34. The lowest BCUT2D eigenvalue weighted by Gasteiger charge is -1.74. The fourth-order valence-corrected chi connectivity index (χ4v) is 0.411. The van der Waals surface area contributed by atoms with Crippen molar-refractivity contribution in [3.8, 4) is 6.07 Å². The molecule has 0 aromatic carbocycles. The van der Waals surface area contributed by atoms with Crippen LogP contribution in [0.25, 0.3) is 4.85 Å². The lowest BCUT2D eigenvalue weighted by atomic mass is 10.9. The highest BCUT2D eigenvalue weighted by Crippen LogP contribution is 1.95. The summed E-state index contributed by atoms with van der Waals surface area (Å²) in [6.07, 6.45) is 0. The van der Waals surface area contributed by atoms with Gasteiger partial charge >= 0.3 is 0 Å². The van der Waals surface area contributed by atoms with Gasteiger partial charge in [-0.05, 0) is 0 Å². The monoisotopic (exact) mass is 112 g/mol. The van der Waals surface area contributed by atoms with E-state index in [1.165, 1.54) is 11.8 Å². The van der Waals surface area contributed by atoms with Gasteiger partial charge < -0.3 is 4.85 Å². The van der Waals surface area contributed by atoms with Crippen LogP contribution >= 0.6 is 11.8 Å². The summed E-state index contributed by atoms with van der Waals surface area (Å²) in [5, 5.41) is 7.92. The smallest absolute Gasteiger partial charge is 0.261 e. The van der Waals surface area contributed by atoms with Gasteiger partial charge in [-0.15, -0.1) is 0 Å². The number of thioether (sulfide) groups is 1. The lowest BCUT2D eigenvalue weighted by Crippen LogP contribution is -1.68. The molecule has 0 aromatic rings. The predicted octanol–water partition coefficient (Wildman–Crippen LogP) is 1.12. The molecule has 0 bridgehead atoms. The third-order valence-corrected chi connectivity index (χ3v) is 0.967. The van der Waals surface area contributed by atoms with E-state index in [9.17, 15) is 0 Å². The van der Waals surface area contributed by atoms with E-state index >= 15 is 0 Å². The first-order valence-corrected chi connectivity index (χ1v) is 2.85. The molecule has 2 nitrogen and oxygen atoms in total. The topological polar surface area (TPSA) is 28.1 Å². The molecule has 36 valence electrons. The van der Waals surface area contributed by atoms with Gasteiger partial charge in [0.25, 0.3) is 5.88 Å². The highest BCUT2D eigenvalue weighted by molar-refractivity contribution is 7.99. The Morgan fingerprint density at radius 3 is 3.00 bits per heavy atom. The Morgan fingerprint density at radius 2 is 2.57 bits per heavy atom. The normalized spacial score (nSPS) is 6.57. The van der Waals surface area contributed by atoms with Crippen molar-refractivity contribution in [2.75, 3.05) is 11.6 Å². The zero-order valence-electron chi connectivity index (χ0n) is 3.72. The highest BCUT2D eigenvalue weighted by atomic mass is 32.2. The molecular weight excluding hydrogens is 108 g/mol. The minimum Gasteiger partial charge on any atom is -0.305 e. The molecule has 0 fully saturated rings. The summed E-state index contributed by atoms with van der Waals surface area (Å²) < 4.78 is 0. The maximum Gasteiger partial charge on any atom is 0.261 e. The summed E-state index contributed by atoms with van der Waals surface area (Å²) in [5.74, 6) is 0.843. The molecule has 7 heavy (non-hydrogen) atoms. The molecule has 0 aliphatic heterocycles. The van der Waals surface area contributed by atoms with E-state index in [1.54, 1.807) is 0 Å². The van der Waals surface area contributed by atoms with Crippen LogP contribution in [0.5, 0.6) is 0 Å². The Hall–Kier alpha value is -0.670. The van der Waals surface area contributed by atoms with Crippen LogP contribution in [0.4, 0.5) is 0 Å². The molecule has 0 saturated carbocycles. The Morgan fingerprint density at radius 1 is 1.86 bits per heavy atom. The van der Waals surface area contributed by atoms with Gasteiger partial charge in [-0.3, -0.25) is 0 Å². The fourth-order valence-electron chi connectivity index (χ4n) is 0.137. The van der Waals surface area contributed by atoms with Crippen molar-refractivity contribution < 1.29 is 0 Å². The second kappa shape index (κ2) is 5.33. The highest BCUT2D eigenvalue weighted by Gasteiger charge is 1.82. The van der Waals surface area contributed by atoms with Gasteiger partial charge in [0.1, 0.15) is 0 Å². The van der Waals surface area contributed by atoms with Crippen molar-refractivity contribution >= 4 is 11.8 Å². The zero-order chi connectivity index (χ0) is 5.54. The van der Waals surface area contributed by atoms with E-state index < -0.39 is 0 Å². The number of rotatable bonds is 2. The Labute approximate surface area is 47.0 Å². The van der Waals surface area contributed by atoms with E-state index in [0.29, 0.717) is 11.6 Å². The minimum absolute atomic E-state index is 0.410. The fraction of sp³-hybridized carbons (Fsp3) is 0.500. The molecule has 0 rings (SSSR count).